The third-order valence-electron chi connectivity index (χ3n) is 3.04. The summed E-state index contributed by atoms with van der Waals surface area (Å²) in [5.41, 5.74) is 1.24. The predicted molar refractivity (Wildman–Crippen MR) is 66.9 cm³/mol. The zero-order valence-corrected chi connectivity index (χ0v) is 10.3. The molecule has 2 rings (SSSR count). The topological polar surface area (TPSA) is 52.6 Å². The molecule has 0 radical (unpaired) electrons. The Morgan fingerprint density at radius 2 is 2.28 bits per heavy atom. The molecular formula is C13H17FN2O2. The van der Waals surface area contributed by atoms with Crippen molar-refractivity contribution in [1.29, 1.82) is 0 Å². The first-order valence-corrected chi connectivity index (χ1v) is 6.07. The first kappa shape index (κ1) is 12.8. The summed E-state index contributed by atoms with van der Waals surface area (Å²) in [5.74, 6) is -0.428. The highest BCUT2D eigenvalue weighted by atomic mass is 19.1. The van der Waals surface area contributed by atoms with E-state index in [0.717, 1.165) is 12.1 Å². The van der Waals surface area contributed by atoms with Gasteiger partial charge in [0.25, 0.3) is 0 Å². The Morgan fingerprint density at radius 1 is 1.50 bits per heavy atom. The maximum absolute atomic E-state index is 13.2. The number of benzene rings is 1. The van der Waals surface area contributed by atoms with Crippen LogP contribution < -0.4 is 10.2 Å². The summed E-state index contributed by atoms with van der Waals surface area (Å²) in [6.45, 7) is 3.20. The van der Waals surface area contributed by atoms with E-state index in [1.54, 1.807) is 13.0 Å². The van der Waals surface area contributed by atoms with Crippen molar-refractivity contribution in [3.8, 4) is 0 Å². The Labute approximate surface area is 105 Å². The summed E-state index contributed by atoms with van der Waals surface area (Å²) in [6.07, 6.45) is 0.0737. The van der Waals surface area contributed by atoms with Crippen LogP contribution in [0.3, 0.4) is 0 Å². The molecule has 4 nitrogen and oxygen atoms in total. The highest BCUT2D eigenvalue weighted by molar-refractivity contribution is 5.82. The number of aliphatic hydroxyl groups excluding tert-OH is 1. The van der Waals surface area contributed by atoms with E-state index >= 15 is 0 Å². The molecule has 1 heterocycles. The van der Waals surface area contributed by atoms with Crippen molar-refractivity contribution in [1.82, 2.24) is 5.32 Å². The Bertz CT molecular complexity index is 449. The van der Waals surface area contributed by atoms with E-state index in [4.69, 9.17) is 0 Å². The average molecular weight is 252 g/mol. The van der Waals surface area contributed by atoms with Gasteiger partial charge < -0.3 is 15.3 Å². The van der Waals surface area contributed by atoms with Gasteiger partial charge in [0.15, 0.2) is 0 Å². The number of aliphatic hydroxyl groups is 1. The molecule has 1 unspecified atom stereocenters. The summed E-state index contributed by atoms with van der Waals surface area (Å²) in [7, 11) is 0. The molecule has 1 aromatic rings. The van der Waals surface area contributed by atoms with Gasteiger partial charge in [0, 0.05) is 24.3 Å². The highest BCUT2D eigenvalue weighted by Crippen LogP contribution is 2.27. The van der Waals surface area contributed by atoms with E-state index in [1.807, 2.05) is 4.90 Å². The monoisotopic (exact) mass is 252 g/mol. The Kier molecular flexibility index (Phi) is 3.81. The lowest BCUT2D eigenvalue weighted by atomic mass is 10.1. The van der Waals surface area contributed by atoms with Gasteiger partial charge in [0.05, 0.1) is 12.6 Å². The number of rotatable bonds is 2. The molecule has 1 aromatic carbocycles. The van der Waals surface area contributed by atoms with Gasteiger partial charge in [0.2, 0.25) is 5.91 Å². The second-order valence-electron chi connectivity index (χ2n) is 4.50. The first-order chi connectivity index (χ1) is 8.58. The molecule has 0 aliphatic carbocycles. The molecule has 2 N–H and O–H groups in total. The maximum Gasteiger partial charge on any atom is 0.239 e. The smallest absolute Gasteiger partial charge is 0.239 e. The predicted octanol–water partition coefficient (Wildman–Crippen LogP) is 1.21. The quantitative estimate of drug-likeness (QED) is 0.831. The fourth-order valence-electron chi connectivity index (χ4n) is 2.16. The number of amides is 1. The molecule has 18 heavy (non-hydrogen) atoms. The summed E-state index contributed by atoms with van der Waals surface area (Å²) >= 11 is 0. The first-order valence-electron chi connectivity index (χ1n) is 6.07. The molecule has 0 bridgehead atoms. The third kappa shape index (κ3) is 2.79. The second kappa shape index (κ2) is 5.35. The van der Waals surface area contributed by atoms with Crippen LogP contribution >= 0.6 is 0 Å². The average Bonchev–Trinajstić information content (AvgIpc) is 2.53. The van der Waals surface area contributed by atoms with E-state index in [-0.39, 0.29) is 18.3 Å². The van der Waals surface area contributed by atoms with Gasteiger partial charge in [-0.3, -0.25) is 4.79 Å². The van der Waals surface area contributed by atoms with Gasteiger partial charge in [-0.2, -0.15) is 0 Å². The normalized spacial score (nSPS) is 18.2. The molecule has 1 amide bonds. The van der Waals surface area contributed by atoms with Crippen LogP contribution in [0.1, 0.15) is 25.0 Å². The van der Waals surface area contributed by atoms with Crippen molar-refractivity contribution in [3.05, 3.63) is 29.6 Å². The summed E-state index contributed by atoms with van der Waals surface area (Å²) in [5, 5.41) is 12.5. The Morgan fingerprint density at radius 3 is 3.00 bits per heavy atom. The molecule has 1 atom stereocenters. The molecule has 1 aliphatic rings. The van der Waals surface area contributed by atoms with Gasteiger partial charge in [-0.25, -0.2) is 4.39 Å². The Hall–Kier alpha value is -1.62. The number of hydrogen-bond donors (Lipinski definition) is 2. The molecule has 98 valence electrons. The fourth-order valence-corrected chi connectivity index (χ4v) is 2.16. The summed E-state index contributed by atoms with van der Waals surface area (Å²) < 4.78 is 13.2. The van der Waals surface area contributed by atoms with E-state index in [1.165, 1.54) is 12.1 Å². The number of hydrogen-bond acceptors (Lipinski definition) is 3. The van der Waals surface area contributed by atoms with Crippen LogP contribution in [0.15, 0.2) is 18.2 Å². The van der Waals surface area contributed by atoms with E-state index in [9.17, 15) is 14.3 Å². The molecule has 1 saturated heterocycles. The lowest BCUT2D eigenvalue weighted by Crippen LogP contribution is -2.33. The molecule has 1 aliphatic heterocycles. The van der Waals surface area contributed by atoms with Crippen molar-refractivity contribution in [2.45, 2.75) is 19.4 Å². The van der Waals surface area contributed by atoms with Gasteiger partial charge in [0.1, 0.15) is 5.82 Å². The van der Waals surface area contributed by atoms with Crippen LogP contribution in [0, 0.1) is 5.82 Å². The third-order valence-corrected chi connectivity index (χ3v) is 3.04. The van der Waals surface area contributed by atoms with Crippen LogP contribution in [0.2, 0.25) is 0 Å². The van der Waals surface area contributed by atoms with E-state index in [2.05, 4.69) is 5.32 Å². The lowest BCUT2D eigenvalue weighted by molar-refractivity contribution is -0.119. The number of nitrogens with zero attached hydrogens (tertiary/aromatic N) is 1. The molecule has 1 fully saturated rings. The van der Waals surface area contributed by atoms with Crippen molar-refractivity contribution in [3.63, 3.8) is 0 Å². The minimum Gasteiger partial charge on any atom is -0.389 e. The van der Waals surface area contributed by atoms with E-state index < -0.39 is 6.10 Å². The second-order valence-corrected chi connectivity index (χ2v) is 4.50. The van der Waals surface area contributed by atoms with Crippen molar-refractivity contribution in [2.24, 2.45) is 0 Å². The van der Waals surface area contributed by atoms with Crippen molar-refractivity contribution >= 4 is 11.6 Å². The van der Waals surface area contributed by atoms with Gasteiger partial charge >= 0.3 is 0 Å². The molecular weight excluding hydrogens is 235 g/mol. The summed E-state index contributed by atoms with van der Waals surface area (Å²) in [4.78, 5) is 13.4. The van der Waals surface area contributed by atoms with Gasteiger partial charge in [-0.15, -0.1) is 0 Å². The molecule has 0 spiro atoms. The lowest BCUT2D eigenvalue weighted by Gasteiger charge is -2.25. The number of carbonyl (C=O) groups is 1. The van der Waals surface area contributed by atoms with Gasteiger partial charge in [-0.1, -0.05) is 0 Å². The number of anilines is 1. The van der Waals surface area contributed by atoms with E-state index in [0.29, 0.717) is 18.7 Å². The summed E-state index contributed by atoms with van der Waals surface area (Å²) in [6, 6.07) is 4.29. The van der Waals surface area contributed by atoms with Crippen LogP contribution in [0.5, 0.6) is 0 Å². The largest absolute Gasteiger partial charge is 0.389 e. The Balaban J connectivity index is 2.33. The molecule has 5 heteroatoms. The van der Waals surface area contributed by atoms with Crippen molar-refractivity contribution < 1.29 is 14.3 Å². The maximum atomic E-state index is 13.2. The SMILES string of the molecule is CC(O)c1cc(F)ccc1N1CCCNC(=O)C1. The van der Waals surface area contributed by atoms with Crippen molar-refractivity contribution in [2.75, 3.05) is 24.5 Å². The standard InChI is InChI=1S/C13H17FN2O2/c1-9(17)11-7-10(14)3-4-12(11)16-6-2-5-15-13(18)8-16/h3-4,7,9,17H,2,5-6,8H2,1H3,(H,15,18). The van der Waals surface area contributed by atoms with Crippen LogP contribution in [0.25, 0.3) is 0 Å². The fraction of sp³-hybridized carbons (Fsp3) is 0.462. The number of halogens is 1. The van der Waals surface area contributed by atoms with Crippen LogP contribution in [-0.2, 0) is 4.79 Å². The minimum atomic E-state index is -0.762. The highest BCUT2D eigenvalue weighted by Gasteiger charge is 2.19. The zero-order valence-electron chi connectivity index (χ0n) is 10.3. The molecule has 0 aromatic heterocycles. The van der Waals surface area contributed by atoms with Crippen LogP contribution in [-0.4, -0.2) is 30.6 Å². The molecule has 0 saturated carbocycles. The zero-order chi connectivity index (χ0) is 13.1. The van der Waals surface area contributed by atoms with Gasteiger partial charge in [-0.05, 0) is 31.5 Å². The number of nitrogens with one attached hydrogen (secondary N) is 1. The van der Waals surface area contributed by atoms with Crippen LogP contribution in [0.4, 0.5) is 10.1 Å². The number of carbonyl (C=O) groups excluding carboxylic acids is 1. The minimum absolute atomic E-state index is 0.0478.